The number of aromatic carboxylic acids is 1. The van der Waals surface area contributed by atoms with Gasteiger partial charge < -0.3 is 14.6 Å². The number of rotatable bonds is 8. The van der Waals surface area contributed by atoms with Gasteiger partial charge >= 0.3 is 17.9 Å². The maximum atomic E-state index is 14.9. The molecule has 1 unspecified atom stereocenters. The predicted octanol–water partition coefficient (Wildman–Crippen LogP) is 3.56. The van der Waals surface area contributed by atoms with E-state index in [1.807, 2.05) is 0 Å². The van der Waals surface area contributed by atoms with Crippen LogP contribution in [0.3, 0.4) is 0 Å². The van der Waals surface area contributed by atoms with E-state index in [1.165, 1.54) is 19.1 Å². The smallest absolute Gasteiger partial charge is 0.338 e. The summed E-state index contributed by atoms with van der Waals surface area (Å²) in [6.07, 6.45) is 0.143. The first-order valence-corrected chi connectivity index (χ1v) is 10.2. The summed E-state index contributed by atoms with van der Waals surface area (Å²) in [5.74, 6) is -7.27. The van der Waals surface area contributed by atoms with Crippen molar-refractivity contribution in [1.29, 1.82) is 0 Å². The van der Waals surface area contributed by atoms with Crippen LogP contribution in [-0.4, -0.2) is 47.8 Å². The fraction of sp³-hybridized carbons (Fsp3) is 0.304. The van der Waals surface area contributed by atoms with Crippen molar-refractivity contribution >= 4 is 23.6 Å². The molecule has 1 aliphatic rings. The Kier molecular flexibility index (Phi) is 7.23. The van der Waals surface area contributed by atoms with Crippen LogP contribution in [0, 0.1) is 18.7 Å². The lowest BCUT2D eigenvalue weighted by Gasteiger charge is -2.21. The molecule has 1 atom stereocenters. The normalized spacial score (nSPS) is 15.9. The number of hydrogen-bond donors (Lipinski definition) is 2. The van der Waals surface area contributed by atoms with Crippen LogP contribution in [-0.2, 0) is 9.53 Å². The van der Waals surface area contributed by atoms with Gasteiger partial charge in [0.1, 0.15) is 11.6 Å². The summed E-state index contributed by atoms with van der Waals surface area (Å²) in [5, 5.41) is 12.7. The zero-order valence-electron chi connectivity index (χ0n) is 18.2. The second-order valence-electron chi connectivity index (χ2n) is 7.79. The van der Waals surface area contributed by atoms with E-state index >= 15 is 0 Å². The number of alkyl halides is 2. The molecule has 2 N–H and O–H groups in total. The van der Waals surface area contributed by atoms with Gasteiger partial charge in [-0.1, -0.05) is 6.92 Å². The maximum absolute atomic E-state index is 14.9. The topological polar surface area (TPSA) is 114 Å². The lowest BCUT2D eigenvalue weighted by molar-refractivity contribution is -0.121. The van der Waals surface area contributed by atoms with Crippen molar-refractivity contribution in [2.45, 2.75) is 26.2 Å². The molecule has 0 aromatic heterocycles. The number of hydrogen-bond acceptors (Lipinski definition) is 6. The van der Waals surface area contributed by atoms with E-state index in [0.29, 0.717) is 5.71 Å². The Hall–Kier alpha value is -3.89. The van der Waals surface area contributed by atoms with Crippen molar-refractivity contribution < 1.29 is 42.1 Å². The summed E-state index contributed by atoms with van der Waals surface area (Å²) >= 11 is 0. The second kappa shape index (κ2) is 9.94. The first kappa shape index (κ1) is 24.7. The molecular formula is C23H21F3N2O6. The number of halogens is 3. The van der Waals surface area contributed by atoms with Gasteiger partial charge in [0.05, 0.1) is 16.8 Å². The van der Waals surface area contributed by atoms with Gasteiger partial charge in [-0.2, -0.15) is 13.9 Å². The van der Waals surface area contributed by atoms with Crippen LogP contribution < -0.4 is 10.2 Å². The molecule has 0 saturated heterocycles. The molecule has 0 fully saturated rings. The molecule has 0 saturated carbocycles. The minimum atomic E-state index is -3.58. The number of carbonyl (C=O) groups excluding carboxylic acids is 2. The summed E-state index contributed by atoms with van der Waals surface area (Å²) in [6.45, 7) is 0.615. The van der Waals surface area contributed by atoms with Gasteiger partial charge in [-0.05, 0) is 43.3 Å². The van der Waals surface area contributed by atoms with Gasteiger partial charge in [0.25, 0.3) is 0 Å². The highest BCUT2D eigenvalue weighted by Gasteiger charge is 2.33. The van der Waals surface area contributed by atoms with Gasteiger partial charge in [-0.15, -0.1) is 0 Å². The third-order valence-electron chi connectivity index (χ3n) is 5.09. The Morgan fingerprint density at radius 3 is 2.41 bits per heavy atom. The van der Waals surface area contributed by atoms with E-state index in [4.69, 9.17) is 9.84 Å². The lowest BCUT2D eigenvalue weighted by atomic mass is 9.92. The number of esters is 1. The van der Waals surface area contributed by atoms with Crippen molar-refractivity contribution in [2.24, 2.45) is 11.0 Å². The quantitative estimate of drug-likeness (QED) is 0.561. The number of carboxylic acids is 1. The average Bonchev–Trinajstić information content (AvgIpc) is 2.79. The summed E-state index contributed by atoms with van der Waals surface area (Å²) in [6, 6.07) is 7.26. The summed E-state index contributed by atoms with van der Waals surface area (Å²) in [7, 11) is 0. The highest BCUT2D eigenvalue weighted by atomic mass is 19.3. The first-order valence-electron chi connectivity index (χ1n) is 10.2. The number of nitrogens with one attached hydrogen (secondary N) is 1. The Labute approximate surface area is 192 Å². The van der Waals surface area contributed by atoms with Gasteiger partial charge in [-0.3, -0.25) is 4.79 Å². The van der Waals surface area contributed by atoms with Crippen LogP contribution in [0.4, 0.5) is 13.2 Å². The van der Waals surface area contributed by atoms with Gasteiger partial charge in [-0.25, -0.2) is 19.4 Å². The Balaban J connectivity index is 1.61. The molecule has 180 valence electrons. The predicted molar refractivity (Wildman–Crippen MR) is 114 cm³/mol. The van der Waals surface area contributed by atoms with Crippen LogP contribution in [0.1, 0.15) is 45.2 Å². The van der Waals surface area contributed by atoms with Crippen molar-refractivity contribution in [3.63, 3.8) is 0 Å². The molecule has 1 heterocycles. The van der Waals surface area contributed by atoms with Crippen LogP contribution in [0.5, 0.6) is 5.75 Å². The minimum absolute atomic E-state index is 0.0179. The molecule has 1 aliphatic heterocycles. The molecule has 1 amide bonds. The Morgan fingerprint density at radius 1 is 1.15 bits per heavy atom. The summed E-state index contributed by atoms with van der Waals surface area (Å²) in [5.41, 5.74) is 2.58. The SMILES string of the molecule is Cc1c(OCC(F)(F)COC(=O)c2ccc(C(=O)O)cc2)ccc(C2=NNC(=O)CC2C)c1F. The van der Waals surface area contributed by atoms with Crippen molar-refractivity contribution in [2.75, 3.05) is 13.2 Å². The number of amides is 1. The van der Waals surface area contributed by atoms with E-state index in [9.17, 15) is 27.6 Å². The molecule has 0 radical (unpaired) electrons. The van der Waals surface area contributed by atoms with Gasteiger partial charge in [0.2, 0.25) is 5.91 Å². The third-order valence-corrected chi connectivity index (χ3v) is 5.09. The molecule has 3 rings (SSSR count). The van der Waals surface area contributed by atoms with Crippen molar-refractivity contribution in [1.82, 2.24) is 5.43 Å². The van der Waals surface area contributed by atoms with Crippen LogP contribution in [0.2, 0.25) is 0 Å². The Bertz CT molecular complexity index is 1150. The molecule has 2 aromatic carbocycles. The maximum Gasteiger partial charge on any atom is 0.338 e. The van der Waals surface area contributed by atoms with E-state index in [-0.39, 0.29) is 46.2 Å². The molecule has 34 heavy (non-hydrogen) atoms. The van der Waals surface area contributed by atoms with E-state index in [2.05, 4.69) is 15.3 Å². The molecule has 0 spiro atoms. The molecule has 8 nitrogen and oxygen atoms in total. The van der Waals surface area contributed by atoms with Crippen molar-refractivity contribution in [3.8, 4) is 5.75 Å². The number of carboxylic acid groups (broad SMARTS) is 1. The van der Waals surface area contributed by atoms with E-state index in [0.717, 1.165) is 24.3 Å². The zero-order valence-corrected chi connectivity index (χ0v) is 18.2. The van der Waals surface area contributed by atoms with E-state index in [1.54, 1.807) is 6.92 Å². The number of carbonyl (C=O) groups is 3. The molecule has 0 aliphatic carbocycles. The first-order chi connectivity index (χ1) is 16.0. The minimum Gasteiger partial charge on any atom is -0.487 e. The number of hydrazone groups is 1. The highest BCUT2D eigenvalue weighted by Crippen LogP contribution is 2.28. The van der Waals surface area contributed by atoms with Gasteiger partial charge in [0, 0.05) is 23.5 Å². The standard InChI is InChI=1S/C23H21F3N2O6/c1-12-9-18(29)27-28-20(12)16-7-8-17(13(2)19(16)24)33-10-23(25,26)11-34-22(32)15-5-3-14(4-6-15)21(30)31/h3-8,12H,9-11H2,1-2H3,(H,27,29)(H,30,31). The van der Waals surface area contributed by atoms with Crippen LogP contribution in [0.25, 0.3) is 0 Å². The fourth-order valence-electron chi connectivity index (χ4n) is 3.23. The number of benzene rings is 2. The highest BCUT2D eigenvalue weighted by molar-refractivity contribution is 6.06. The Morgan fingerprint density at radius 2 is 1.79 bits per heavy atom. The number of nitrogens with zero attached hydrogens (tertiary/aromatic N) is 1. The molecule has 2 aromatic rings. The van der Waals surface area contributed by atoms with Crippen LogP contribution in [0.15, 0.2) is 41.5 Å². The third kappa shape index (κ3) is 5.72. The van der Waals surface area contributed by atoms with Crippen LogP contribution >= 0.6 is 0 Å². The second-order valence-corrected chi connectivity index (χ2v) is 7.79. The van der Waals surface area contributed by atoms with E-state index < -0.39 is 36.9 Å². The lowest BCUT2D eigenvalue weighted by Crippen LogP contribution is -2.33. The molecular weight excluding hydrogens is 457 g/mol. The average molecular weight is 478 g/mol. The zero-order chi connectivity index (χ0) is 25.0. The number of ether oxygens (including phenoxy) is 2. The summed E-state index contributed by atoms with van der Waals surface area (Å²) in [4.78, 5) is 34.2. The molecule has 11 heteroatoms. The monoisotopic (exact) mass is 478 g/mol. The molecule has 0 bridgehead atoms. The summed E-state index contributed by atoms with van der Waals surface area (Å²) < 4.78 is 53.0. The fourth-order valence-corrected chi connectivity index (χ4v) is 3.23. The van der Waals surface area contributed by atoms with Crippen molar-refractivity contribution in [3.05, 3.63) is 64.5 Å². The van der Waals surface area contributed by atoms with Gasteiger partial charge in [0.15, 0.2) is 13.2 Å². The largest absolute Gasteiger partial charge is 0.487 e.